The van der Waals surface area contributed by atoms with Gasteiger partial charge in [-0.3, -0.25) is 4.79 Å². The van der Waals surface area contributed by atoms with Gasteiger partial charge in [-0.25, -0.2) is 9.59 Å². The van der Waals surface area contributed by atoms with Gasteiger partial charge >= 0.3 is 10.9 Å². The highest BCUT2D eigenvalue weighted by Gasteiger charge is 2.13. The Morgan fingerprint density at radius 2 is 2.05 bits per heavy atom. The number of hydrogen-bond donors (Lipinski definition) is 3. The molecule has 1 aromatic carbocycles. The second-order valence-electron chi connectivity index (χ2n) is 4.10. The average molecular weight is 341 g/mol. The number of amides is 1. The fourth-order valence-electron chi connectivity index (χ4n) is 1.65. The van der Waals surface area contributed by atoms with Crippen molar-refractivity contribution in [3.63, 3.8) is 0 Å². The molecular formula is C13H11NO6S2. The van der Waals surface area contributed by atoms with E-state index in [4.69, 9.17) is 9.52 Å². The summed E-state index contributed by atoms with van der Waals surface area (Å²) in [5, 5.41) is 19.8. The largest absolute Gasteiger partial charge is 0.508 e. The van der Waals surface area contributed by atoms with Gasteiger partial charge in [0.15, 0.2) is 0 Å². The molecule has 2 rings (SSSR count). The van der Waals surface area contributed by atoms with Gasteiger partial charge in [-0.2, -0.15) is 0 Å². The molecule has 0 saturated heterocycles. The summed E-state index contributed by atoms with van der Waals surface area (Å²) in [6.45, 7) is 0.219. The maximum absolute atomic E-state index is 11.9. The fraction of sp³-hybridized carbons (Fsp3) is 0.154. The van der Waals surface area contributed by atoms with Gasteiger partial charge in [0.2, 0.25) is 0 Å². The van der Waals surface area contributed by atoms with Crippen LogP contribution < -0.4 is 10.9 Å². The summed E-state index contributed by atoms with van der Waals surface area (Å²) in [7, 11) is 1.74. The molecule has 7 nitrogen and oxygen atoms in total. The molecular weight excluding hydrogens is 330 g/mol. The summed E-state index contributed by atoms with van der Waals surface area (Å²) in [5.74, 6) is -0.249. The van der Waals surface area contributed by atoms with E-state index >= 15 is 0 Å². The lowest BCUT2D eigenvalue weighted by Crippen LogP contribution is -2.29. The van der Waals surface area contributed by atoms with Gasteiger partial charge in [-0.1, -0.05) is 10.8 Å². The molecule has 0 saturated carbocycles. The molecule has 0 radical (unpaired) electrons. The number of benzene rings is 1. The number of carboxylic acid groups (broad SMARTS) is 1. The zero-order valence-corrected chi connectivity index (χ0v) is 12.7. The normalized spacial score (nSPS) is 10.5. The molecule has 9 heteroatoms. The van der Waals surface area contributed by atoms with Crippen LogP contribution in [0, 0.1) is 0 Å². The van der Waals surface area contributed by atoms with Gasteiger partial charge in [0.25, 0.3) is 5.91 Å². The van der Waals surface area contributed by atoms with Crippen LogP contribution in [0.2, 0.25) is 0 Å². The summed E-state index contributed by atoms with van der Waals surface area (Å²) in [6, 6.07) is 5.63. The third-order valence-electron chi connectivity index (χ3n) is 2.57. The van der Waals surface area contributed by atoms with Crippen molar-refractivity contribution < 1.29 is 24.2 Å². The molecule has 22 heavy (non-hydrogen) atoms. The first kappa shape index (κ1) is 16.2. The number of fused-ring (bicyclic) bond motifs is 1. The molecule has 0 aliphatic rings. The Bertz CT molecular complexity index is 773. The maximum atomic E-state index is 11.9. The molecule has 1 amide bonds. The second-order valence-corrected chi connectivity index (χ2v) is 6.46. The van der Waals surface area contributed by atoms with Crippen LogP contribution in [0.1, 0.15) is 10.4 Å². The molecule has 3 N–H and O–H groups in total. The summed E-state index contributed by atoms with van der Waals surface area (Å²) in [5.41, 5.74) is -0.757. The van der Waals surface area contributed by atoms with E-state index in [0.717, 1.165) is 10.8 Å². The van der Waals surface area contributed by atoms with Gasteiger partial charge in [-0.05, 0) is 18.2 Å². The maximum Gasteiger partial charge on any atom is 0.375 e. The number of nitrogens with one attached hydrogen (secondary N) is 1. The number of carbonyl (C=O) groups excluding carboxylic acids is 1. The summed E-state index contributed by atoms with van der Waals surface area (Å²) < 4.78 is 4.99. The molecule has 0 fully saturated rings. The van der Waals surface area contributed by atoms with Gasteiger partial charge in [0.1, 0.15) is 16.9 Å². The van der Waals surface area contributed by atoms with Crippen molar-refractivity contribution in [2.75, 3.05) is 12.3 Å². The van der Waals surface area contributed by atoms with E-state index in [2.05, 4.69) is 5.32 Å². The van der Waals surface area contributed by atoms with Crippen LogP contribution in [0.25, 0.3) is 11.0 Å². The lowest BCUT2D eigenvalue weighted by molar-refractivity contribution is 0.0952. The van der Waals surface area contributed by atoms with Crippen molar-refractivity contribution in [3.8, 4) is 5.75 Å². The zero-order valence-electron chi connectivity index (χ0n) is 11.1. The highest BCUT2D eigenvalue weighted by Crippen LogP contribution is 2.21. The standard InChI is InChI=1S/C13H11NO6S2/c15-8-2-1-7-5-9(12(17)20-10(7)6-8)11(16)14-3-4-21-22-13(18)19/h1-2,5-6,15H,3-4H2,(H,14,16)(H,18,19). The Morgan fingerprint density at radius 3 is 2.77 bits per heavy atom. The Balaban J connectivity index is 2.05. The predicted molar refractivity (Wildman–Crippen MR) is 84.6 cm³/mol. The second kappa shape index (κ2) is 7.23. The van der Waals surface area contributed by atoms with E-state index in [1.807, 2.05) is 0 Å². The van der Waals surface area contributed by atoms with Crippen LogP contribution in [0.15, 0.2) is 33.5 Å². The number of rotatable bonds is 5. The Labute approximate surface area is 132 Å². The quantitative estimate of drug-likeness (QED) is 0.431. The number of hydrogen-bond acceptors (Lipinski definition) is 7. The number of phenolic OH excluding ortho intramolecular Hbond substituents is 1. The monoisotopic (exact) mass is 341 g/mol. The molecule has 116 valence electrons. The fourth-order valence-corrected chi connectivity index (χ4v) is 2.82. The van der Waals surface area contributed by atoms with Crippen LogP contribution in [0.3, 0.4) is 0 Å². The topological polar surface area (TPSA) is 117 Å². The first-order chi connectivity index (χ1) is 10.5. The van der Waals surface area contributed by atoms with Crippen molar-refractivity contribution in [3.05, 3.63) is 40.2 Å². The molecule has 1 aromatic heterocycles. The Kier molecular flexibility index (Phi) is 5.34. The molecule has 0 spiro atoms. The van der Waals surface area contributed by atoms with Crippen LogP contribution >= 0.6 is 21.6 Å². The highest BCUT2D eigenvalue weighted by molar-refractivity contribution is 8.82. The highest BCUT2D eigenvalue weighted by atomic mass is 33.1. The van der Waals surface area contributed by atoms with Crippen molar-refractivity contribution in [1.82, 2.24) is 5.32 Å². The van der Waals surface area contributed by atoms with Crippen molar-refractivity contribution in [2.24, 2.45) is 0 Å². The molecule has 0 aliphatic heterocycles. The smallest absolute Gasteiger partial charge is 0.375 e. The van der Waals surface area contributed by atoms with Crippen LogP contribution in [-0.2, 0) is 0 Å². The third-order valence-corrected chi connectivity index (χ3v) is 4.48. The van der Waals surface area contributed by atoms with Crippen molar-refractivity contribution in [1.29, 1.82) is 0 Å². The van der Waals surface area contributed by atoms with Gasteiger partial charge in [0.05, 0.1) is 0 Å². The van der Waals surface area contributed by atoms with E-state index in [-0.39, 0.29) is 23.4 Å². The average Bonchev–Trinajstić information content (AvgIpc) is 2.45. The number of phenols is 1. The van der Waals surface area contributed by atoms with Crippen LogP contribution in [0.4, 0.5) is 4.79 Å². The zero-order chi connectivity index (χ0) is 16.1. The molecule has 0 unspecified atom stereocenters. The van der Waals surface area contributed by atoms with Crippen molar-refractivity contribution in [2.45, 2.75) is 0 Å². The van der Waals surface area contributed by atoms with E-state index in [9.17, 15) is 19.5 Å². The number of carbonyl (C=O) groups is 2. The minimum Gasteiger partial charge on any atom is -0.508 e. The minimum atomic E-state index is -1.00. The van der Waals surface area contributed by atoms with E-state index < -0.39 is 16.8 Å². The number of aromatic hydroxyl groups is 1. The molecule has 0 aliphatic carbocycles. The molecule has 0 bridgehead atoms. The predicted octanol–water partition coefficient (Wildman–Crippen LogP) is 2.29. The SMILES string of the molecule is O=C(O)SSCCNC(=O)c1cc2ccc(O)cc2oc1=O. The third kappa shape index (κ3) is 4.18. The van der Waals surface area contributed by atoms with Gasteiger partial charge < -0.3 is 19.9 Å². The van der Waals surface area contributed by atoms with Gasteiger partial charge in [-0.15, -0.1) is 0 Å². The summed E-state index contributed by atoms with van der Waals surface area (Å²) >= 11 is 0. The first-order valence-corrected chi connectivity index (χ1v) is 8.37. The molecule has 2 aromatic rings. The van der Waals surface area contributed by atoms with E-state index in [1.165, 1.54) is 24.3 Å². The lowest BCUT2D eigenvalue weighted by atomic mass is 10.1. The summed E-state index contributed by atoms with van der Waals surface area (Å²) in [6.07, 6.45) is 0. The van der Waals surface area contributed by atoms with Crippen LogP contribution in [0.5, 0.6) is 5.75 Å². The van der Waals surface area contributed by atoms with Crippen molar-refractivity contribution >= 4 is 43.8 Å². The van der Waals surface area contributed by atoms with Crippen LogP contribution in [-0.4, -0.2) is 33.7 Å². The first-order valence-electron chi connectivity index (χ1n) is 6.05. The molecule has 1 heterocycles. The van der Waals surface area contributed by atoms with E-state index in [1.54, 1.807) is 0 Å². The molecule has 0 atom stereocenters. The summed E-state index contributed by atoms with van der Waals surface area (Å²) in [4.78, 5) is 34.0. The minimum absolute atomic E-state index is 0.0409. The van der Waals surface area contributed by atoms with Gasteiger partial charge in [0, 0.05) is 34.5 Å². The Hall–Kier alpha value is -2.13. The van der Waals surface area contributed by atoms with E-state index in [0.29, 0.717) is 21.9 Å². The Morgan fingerprint density at radius 1 is 1.27 bits per heavy atom. The lowest BCUT2D eigenvalue weighted by Gasteiger charge is -2.04.